The lowest BCUT2D eigenvalue weighted by molar-refractivity contribution is 0.483. The minimum atomic E-state index is 0.0297. The molecule has 0 fully saturated rings. The molecule has 2 rings (SSSR count). The average Bonchev–Trinajstić information content (AvgIpc) is 2.43. The van der Waals surface area contributed by atoms with Gasteiger partial charge < -0.3 is 4.74 Å². The van der Waals surface area contributed by atoms with E-state index in [-0.39, 0.29) is 36.6 Å². The monoisotopic (exact) mass is 408 g/mol. The Balaban J connectivity index is 2.57. The quantitative estimate of drug-likeness (QED) is 0.359. The number of halogens is 7. The van der Waals surface area contributed by atoms with Crippen LogP contribution in [-0.2, 0) is 0 Å². The SMILES string of the molecule is Clc1ccc(Cl)c(Oc2c(Cl)c(Cl)c(Cl)c(Cl)c2Cl)c1. The lowest BCUT2D eigenvalue weighted by Gasteiger charge is -2.14. The molecular formula is C12H3Cl7O. The summed E-state index contributed by atoms with van der Waals surface area (Å²) in [6.07, 6.45) is 0. The molecule has 0 aliphatic carbocycles. The highest BCUT2D eigenvalue weighted by molar-refractivity contribution is 6.55. The minimum absolute atomic E-state index is 0.0297. The van der Waals surface area contributed by atoms with Crippen molar-refractivity contribution in [1.82, 2.24) is 0 Å². The summed E-state index contributed by atoms with van der Waals surface area (Å²) in [4.78, 5) is 0. The molecule has 0 saturated heterocycles. The van der Waals surface area contributed by atoms with Gasteiger partial charge in [0, 0.05) is 11.1 Å². The molecule has 0 saturated carbocycles. The third-order valence-corrected chi connectivity index (χ3v) is 5.06. The van der Waals surface area contributed by atoms with Crippen LogP contribution in [-0.4, -0.2) is 0 Å². The van der Waals surface area contributed by atoms with Gasteiger partial charge in [-0.25, -0.2) is 0 Å². The average molecular weight is 411 g/mol. The van der Waals surface area contributed by atoms with Crippen molar-refractivity contribution in [1.29, 1.82) is 0 Å². The first-order valence-corrected chi connectivity index (χ1v) is 7.61. The number of hydrogen-bond acceptors (Lipinski definition) is 1. The Labute approximate surface area is 150 Å². The maximum absolute atomic E-state index is 6.06. The van der Waals surface area contributed by atoms with E-state index in [9.17, 15) is 0 Å². The maximum Gasteiger partial charge on any atom is 0.167 e. The summed E-state index contributed by atoms with van der Waals surface area (Å²) < 4.78 is 5.56. The van der Waals surface area contributed by atoms with Crippen LogP contribution in [0.4, 0.5) is 0 Å². The molecule has 1 nitrogen and oxygen atoms in total. The highest BCUT2D eigenvalue weighted by Gasteiger charge is 2.21. The van der Waals surface area contributed by atoms with E-state index in [0.717, 1.165) is 0 Å². The molecule has 0 aliphatic heterocycles. The van der Waals surface area contributed by atoms with Crippen LogP contribution >= 0.6 is 81.2 Å². The topological polar surface area (TPSA) is 9.23 Å². The summed E-state index contributed by atoms with van der Waals surface area (Å²) >= 11 is 41.8. The van der Waals surface area contributed by atoms with Crippen LogP contribution in [0.3, 0.4) is 0 Å². The number of rotatable bonds is 2. The molecular weight excluding hydrogens is 408 g/mol. The summed E-state index contributed by atoms with van der Waals surface area (Å²) in [6, 6.07) is 4.69. The smallest absolute Gasteiger partial charge is 0.167 e. The lowest BCUT2D eigenvalue weighted by Crippen LogP contribution is -1.90. The minimum Gasteiger partial charge on any atom is -0.452 e. The third kappa shape index (κ3) is 3.20. The van der Waals surface area contributed by atoms with Crippen LogP contribution in [0.1, 0.15) is 0 Å². The molecule has 0 radical (unpaired) electrons. The van der Waals surface area contributed by atoms with Crippen molar-refractivity contribution in [2.75, 3.05) is 0 Å². The number of ether oxygens (including phenoxy) is 1. The van der Waals surface area contributed by atoms with Crippen LogP contribution in [0.2, 0.25) is 35.2 Å². The van der Waals surface area contributed by atoms with Crippen molar-refractivity contribution in [3.8, 4) is 11.5 Å². The molecule has 20 heavy (non-hydrogen) atoms. The zero-order valence-electron chi connectivity index (χ0n) is 9.29. The van der Waals surface area contributed by atoms with Gasteiger partial charge >= 0.3 is 0 Å². The summed E-state index contributed by atoms with van der Waals surface area (Å²) in [7, 11) is 0. The van der Waals surface area contributed by atoms with Crippen molar-refractivity contribution in [2.45, 2.75) is 0 Å². The Kier molecular flexibility index (Phi) is 5.47. The first kappa shape index (κ1) is 16.6. The van der Waals surface area contributed by atoms with E-state index < -0.39 is 0 Å². The highest BCUT2D eigenvalue weighted by atomic mass is 35.5. The van der Waals surface area contributed by atoms with Crippen LogP contribution in [0.5, 0.6) is 11.5 Å². The van der Waals surface area contributed by atoms with E-state index in [2.05, 4.69) is 0 Å². The fraction of sp³-hybridized carbons (Fsp3) is 0. The number of hydrogen-bond donors (Lipinski definition) is 0. The summed E-state index contributed by atoms with van der Waals surface area (Å²) in [5.41, 5.74) is 0. The van der Waals surface area contributed by atoms with Crippen LogP contribution < -0.4 is 4.74 Å². The Hall–Kier alpha value is 0.270. The molecule has 0 bridgehead atoms. The van der Waals surface area contributed by atoms with Gasteiger partial charge in [-0.05, 0) is 12.1 Å². The van der Waals surface area contributed by atoms with Crippen LogP contribution in [0, 0.1) is 0 Å². The second-order valence-electron chi connectivity index (χ2n) is 3.58. The van der Waals surface area contributed by atoms with Gasteiger partial charge in [-0.15, -0.1) is 0 Å². The molecule has 8 heteroatoms. The van der Waals surface area contributed by atoms with Crippen molar-refractivity contribution in [3.05, 3.63) is 53.4 Å². The molecule has 0 aromatic heterocycles. The summed E-state index contributed by atoms with van der Waals surface area (Å²) in [5.74, 6) is 0.314. The third-order valence-electron chi connectivity index (χ3n) is 2.27. The van der Waals surface area contributed by atoms with E-state index in [0.29, 0.717) is 10.0 Å². The van der Waals surface area contributed by atoms with Crippen LogP contribution in [0.25, 0.3) is 0 Å². The fourth-order valence-corrected chi connectivity index (χ4v) is 2.86. The molecule has 106 valence electrons. The van der Waals surface area contributed by atoms with Gasteiger partial charge in [-0.1, -0.05) is 81.2 Å². The summed E-state index contributed by atoms with van der Waals surface area (Å²) in [5, 5.41) is 0.940. The van der Waals surface area contributed by atoms with E-state index in [4.69, 9.17) is 85.9 Å². The van der Waals surface area contributed by atoms with Gasteiger partial charge in [-0.2, -0.15) is 0 Å². The molecule has 0 amide bonds. The van der Waals surface area contributed by atoms with Gasteiger partial charge in [-0.3, -0.25) is 0 Å². The fourth-order valence-electron chi connectivity index (χ4n) is 1.34. The molecule has 2 aromatic rings. The van der Waals surface area contributed by atoms with E-state index >= 15 is 0 Å². The molecule has 0 N–H and O–H groups in total. The molecule has 0 spiro atoms. The first-order valence-electron chi connectivity index (χ1n) is 4.97. The van der Waals surface area contributed by atoms with E-state index in [1.165, 1.54) is 6.07 Å². The van der Waals surface area contributed by atoms with Crippen LogP contribution in [0.15, 0.2) is 18.2 Å². The second kappa shape index (κ2) is 6.58. The Morgan fingerprint density at radius 3 is 1.70 bits per heavy atom. The Morgan fingerprint density at radius 2 is 1.15 bits per heavy atom. The lowest BCUT2D eigenvalue weighted by atomic mass is 10.3. The van der Waals surface area contributed by atoms with Gasteiger partial charge in [0.2, 0.25) is 0 Å². The summed E-state index contributed by atoms with van der Waals surface area (Å²) in [6.45, 7) is 0. The van der Waals surface area contributed by atoms with Crippen molar-refractivity contribution < 1.29 is 4.74 Å². The molecule has 0 unspecified atom stereocenters. The largest absolute Gasteiger partial charge is 0.452 e. The zero-order chi connectivity index (χ0) is 15.0. The predicted molar refractivity (Wildman–Crippen MR) is 88.0 cm³/mol. The van der Waals surface area contributed by atoms with Crippen molar-refractivity contribution >= 4 is 81.2 Å². The Bertz CT molecular complexity index is 655. The Morgan fingerprint density at radius 1 is 0.650 bits per heavy atom. The van der Waals surface area contributed by atoms with Gasteiger partial charge in [0.1, 0.15) is 15.8 Å². The van der Waals surface area contributed by atoms with Crippen molar-refractivity contribution in [2.24, 2.45) is 0 Å². The molecule has 0 aliphatic rings. The standard InChI is InChI=1S/C12H3Cl7O/c13-4-1-2-5(14)6(3-4)20-12-10(18)8(16)7(15)9(17)11(12)19/h1-3H. The molecule has 2 aromatic carbocycles. The predicted octanol–water partition coefficient (Wildman–Crippen LogP) is 8.05. The first-order chi connectivity index (χ1) is 9.32. The second-order valence-corrected chi connectivity index (χ2v) is 6.31. The normalized spacial score (nSPS) is 10.8. The van der Waals surface area contributed by atoms with Gasteiger partial charge in [0.15, 0.2) is 5.75 Å². The van der Waals surface area contributed by atoms with Crippen molar-refractivity contribution in [3.63, 3.8) is 0 Å². The van der Waals surface area contributed by atoms with Gasteiger partial charge in [0.25, 0.3) is 0 Å². The molecule has 0 atom stereocenters. The van der Waals surface area contributed by atoms with E-state index in [1.807, 2.05) is 0 Å². The highest BCUT2D eigenvalue weighted by Crippen LogP contribution is 2.50. The van der Waals surface area contributed by atoms with E-state index in [1.54, 1.807) is 12.1 Å². The maximum atomic E-state index is 6.06. The molecule has 0 heterocycles. The number of benzene rings is 2. The zero-order valence-corrected chi connectivity index (χ0v) is 14.6. The van der Waals surface area contributed by atoms with Gasteiger partial charge in [0.05, 0.1) is 20.1 Å².